The summed E-state index contributed by atoms with van der Waals surface area (Å²) in [5, 5.41) is 11.3. The van der Waals surface area contributed by atoms with Gasteiger partial charge in [0.05, 0.1) is 5.69 Å². The molecule has 0 aliphatic heterocycles. The summed E-state index contributed by atoms with van der Waals surface area (Å²) >= 11 is 0. The number of aryl methyl sites for hydroxylation is 2. The second-order valence-electron chi connectivity index (χ2n) is 9.05. The lowest BCUT2D eigenvalue weighted by atomic mass is 9.95. The maximum Gasteiger partial charge on any atom is 0.412 e. The number of anilines is 1. The molecule has 3 aromatic rings. The van der Waals surface area contributed by atoms with E-state index in [1.165, 1.54) is 6.07 Å². The summed E-state index contributed by atoms with van der Waals surface area (Å²) < 4.78 is 23.3. The van der Waals surface area contributed by atoms with Crippen molar-refractivity contribution in [1.29, 1.82) is 0 Å². The first-order valence-electron chi connectivity index (χ1n) is 12.1. The van der Waals surface area contributed by atoms with Crippen LogP contribution >= 0.6 is 7.60 Å². The molecule has 9 heteroatoms. The molecular formula is C28H34NO7P. The SMILES string of the molecule is CCC(CC)(Oc1cc(C)c(Cc2ccc(O)c(NC(=O)OCc3ccccc3)c2)c(C)c1)P(=O)(O)O. The summed E-state index contributed by atoms with van der Waals surface area (Å²) in [4.78, 5) is 32.1. The van der Waals surface area contributed by atoms with Gasteiger partial charge in [-0.25, -0.2) is 4.79 Å². The molecule has 37 heavy (non-hydrogen) atoms. The number of phenolic OH excluding ortho intramolecular Hbond substituents is 1. The second kappa shape index (κ2) is 11.8. The third-order valence-electron chi connectivity index (χ3n) is 6.50. The van der Waals surface area contributed by atoms with E-state index in [1.807, 2.05) is 44.2 Å². The van der Waals surface area contributed by atoms with Crippen LogP contribution in [0.25, 0.3) is 0 Å². The molecule has 0 fully saturated rings. The number of nitrogens with one attached hydrogen (secondary N) is 1. The van der Waals surface area contributed by atoms with Crippen molar-refractivity contribution in [3.63, 3.8) is 0 Å². The number of phenols is 1. The van der Waals surface area contributed by atoms with Crippen LogP contribution in [0.2, 0.25) is 0 Å². The van der Waals surface area contributed by atoms with Gasteiger partial charge in [0.1, 0.15) is 18.1 Å². The highest BCUT2D eigenvalue weighted by Gasteiger charge is 2.46. The summed E-state index contributed by atoms with van der Waals surface area (Å²) in [5.74, 6) is 0.325. The zero-order chi connectivity index (χ0) is 27.2. The van der Waals surface area contributed by atoms with Gasteiger partial charge in [0.15, 0.2) is 0 Å². The number of aromatic hydroxyl groups is 1. The van der Waals surface area contributed by atoms with E-state index in [4.69, 9.17) is 9.47 Å². The first kappa shape index (κ1) is 28.3. The molecule has 0 aromatic heterocycles. The Kier molecular flexibility index (Phi) is 9.02. The van der Waals surface area contributed by atoms with Crippen molar-refractivity contribution in [3.8, 4) is 11.5 Å². The minimum absolute atomic E-state index is 0.0782. The van der Waals surface area contributed by atoms with Crippen LogP contribution in [0.1, 0.15) is 54.5 Å². The number of ether oxygens (including phenoxy) is 2. The Hall–Kier alpha value is -3.32. The summed E-state index contributed by atoms with van der Waals surface area (Å²) in [6.07, 6.45) is 0.178. The van der Waals surface area contributed by atoms with Crippen molar-refractivity contribution in [3.05, 3.63) is 88.5 Å². The third-order valence-corrected chi connectivity index (χ3v) is 8.29. The lowest BCUT2D eigenvalue weighted by Crippen LogP contribution is -2.34. The minimum Gasteiger partial charge on any atom is -0.506 e. The zero-order valence-corrected chi connectivity index (χ0v) is 22.4. The van der Waals surface area contributed by atoms with Gasteiger partial charge in [0, 0.05) is 0 Å². The normalized spacial score (nSPS) is 11.7. The average molecular weight is 528 g/mol. The predicted octanol–water partition coefficient (Wildman–Crippen LogP) is 6.42. The number of hydrogen-bond donors (Lipinski definition) is 4. The number of rotatable bonds is 10. The third kappa shape index (κ3) is 6.92. The fourth-order valence-electron chi connectivity index (χ4n) is 4.24. The lowest BCUT2D eigenvalue weighted by molar-refractivity contribution is 0.108. The Balaban J connectivity index is 1.76. The van der Waals surface area contributed by atoms with Crippen molar-refractivity contribution in [2.45, 2.75) is 58.9 Å². The number of hydrogen-bond acceptors (Lipinski definition) is 5. The molecule has 8 nitrogen and oxygen atoms in total. The standard InChI is InChI=1S/C28H34NO7P/c1-5-28(6-2,37(32,33)34)36-23-14-19(3)24(20(4)15-23)16-22-12-13-26(30)25(17-22)29-27(31)35-18-21-10-8-7-9-11-21/h7-15,17,30H,5-6,16,18H2,1-4H3,(H,29,31)(H2,32,33,34). The zero-order valence-electron chi connectivity index (χ0n) is 21.5. The van der Waals surface area contributed by atoms with E-state index < -0.39 is 19.0 Å². The first-order chi connectivity index (χ1) is 17.5. The van der Waals surface area contributed by atoms with E-state index in [0.29, 0.717) is 12.2 Å². The van der Waals surface area contributed by atoms with Crippen molar-refractivity contribution in [2.75, 3.05) is 5.32 Å². The molecule has 1 amide bonds. The molecule has 0 saturated carbocycles. The molecule has 0 unspecified atom stereocenters. The molecule has 198 valence electrons. The van der Waals surface area contributed by atoms with Gasteiger partial charge in [-0.15, -0.1) is 0 Å². The number of carbonyl (C=O) groups is 1. The van der Waals surface area contributed by atoms with Crippen LogP contribution in [0.15, 0.2) is 60.7 Å². The molecule has 4 N–H and O–H groups in total. The highest BCUT2D eigenvalue weighted by molar-refractivity contribution is 7.53. The highest BCUT2D eigenvalue weighted by Crippen LogP contribution is 2.55. The first-order valence-corrected chi connectivity index (χ1v) is 13.7. The largest absolute Gasteiger partial charge is 0.506 e. The van der Waals surface area contributed by atoms with E-state index in [-0.39, 0.29) is 30.9 Å². The van der Waals surface area contributed by atoms with Gasteiger partial charge >= 0.3 is 13.7 Å². The number of benzene rings is 3. The fourth-order valence-corrected chi connectivity index (χ4v) is 5.29. The number of carbonyl (C=O) groups excluding carboxylic acids is 1. The van der Waals surface area contributed by atoms with E-state index in [0.717, 1.165) is 27.8 Å². The van der Waals surface area contributed by atoms with Crippen LogP contribution in [0.4, 0.5) is 10.5 Å². The Labute approximate surface area is 217 Å². The van der Waals surface area contributed by atoms with Gasteiger partial charge in [-0.2, -0.15) is 0 Å². The smallest absolute Gasteiger partial charge is 0.412 e. The monoisotopic (exact) mass is 527 g/mol. The van der Waals surface area contributed by atoms with E-state index in [1.54, 1.807) is 38.1 Å². The van der Waals surface area contributed by atoms with Crippen molar-refractivity contribution >= 4 is 19.4 Å². The molecule has 0 bridgehead atoms. The Morgan fingerprint density at radius 1 is 0.946 bits per heavy atom. The van der Waals surface area contributed by atoms with Crippen LogP contribution < -0.4 is 10.1 Å². The van der Waals surface area contributed by atoms with Crippen molar-refractivity contribution in [2.24, 2.45) is 0 Å². The molecule has 0 spiro atoms. The van der Waals surface area contributed by atoms with E-state index >= 15 is 0 Å². The van der Waals surface area contributed by atoms with Crippen LogP contribution in [0.3, 0.4) is 0 Å². The van der Waals surface area contributed by atoms with E-state index in [2.05, 4.69) is 5.32 Å². The topological polar surface area (TPSA) is 125 Å². The second-order valence-corrected chi connectivity index (χ2v) is 11.0. The van der Waals surface area contributed by atoms with E-state index in [9.17, 15) is 24.3 Å². The highest BCUT2D eigenvalue weighted by atomic mass is 31.2. The molecule has 0 heterocycles. The van der Waals surface area contributed by atoms with Crippen LogP contribution in [-0.2, 0) is 22.3 Å². The fraction of sp³-hybridized carbons (Fsp3) is 0.321. The van der Waals surface area contributed by atoms with Crippen LogP contribution in [0.5, 0.6) is 11.5 Å². The quantitative estimate of drug-likeness (QED) is 0.177. The van der Waals surface area contributed by atoms with Gasteiger partial charge in [-0.05, 0) is 85.2 Å². The Morgan fingerprint density at radius 2 is 1.57 bits per heavy atom. The summed E-state index contributed by atoms with van der Waals surface area (Å²) in [6.45, 7) is 7.33. The molecule has 0 aliphatic carbocycles. The van der Waals surface area contributed by atoms with Gasteiger partial charge in [0.25, 0.3) is 0 Å². The maximum atomic E-state index is 12.3. The van der Waals surface area contributed by atoms with Gasteiger partial charge in [0.2, 0.25) is 5.34 Å². The molecule has 3 rings (SSSR count). The predicted molar refractivity (Wildman–Crippen MR) is 143 cm³/mol. The molecular weight excluding hydrogens is 493 g/mol. The molecule has 3 aromatic carbocycles. The molecule has 0 atom stereocenters. The summed E-state index contributed by atoms with van der Waals surface area (Å²) in [6, 6.07) is 17.8. The Morgan fingerprint density at radius 3 is 2.14 bits per heavy atom. The summed E-state index contributed by atoms with van der Waals surface area (Å²) in [5.41, 5.74) is 4.74. The molecule has 0 radical (unpaired) electrons. The molecule has 0 aliphatic rings. The van der Waals surface area contributed by atoms with Gasteiger partial charge < -0.3 is 24.4 Å². The lowest BCUT2D eigenvalue weighted by Gasteiger charge is -2.33. The van der Waals surface area contributed by atoms with Crippen LogP contribution in [0, 0.1) is 13.8 Å². The average Bonchev–Trinajstić information content (AvgIpc) is 2.85. The van der Waals surface area contributed by atoms with Crippen molar-refractivity contribution < 1.29 is 33.7 Å². The number of amides is 1. The Bertz CT molecular complexity index is 1260. The van der Waals surface area contributed by atoms with Crippen molar-refractivity contribution in [1.82, 2.24) is 0 Å². The summed E-state index contributed by atoms with van der Waals surface area (Å²) in [7, 11) is -4.50. The van der Waals surface area contributed by atoms with Crippen LogP contribution in [-0.4, -0.2) is 26.3 Å². The van der Waals surface area contributed by atoms with Gasteiger partial charge in [-0.3, -0.25) is 9.88 Å². The molecule has 0 saturated heterocycles. The van der Waals surface area contributed by atoms with Gasteiger partial charge in [-0.1, -0.05) is 50.2 Å². The minimum atomic E-state index is -4.50. The maximum absolute atomic E-state index is 12.3.